The van der Waals surface area contributed by atoms with Crippen LogP contribution in [0.2, 0.25) is 0 Å². The molecule has 0 fully saturated rings. The van der Waals surface area contributed by atoms with Gasteiger partial charge in [0.2, 0.25) is 0 Å². The molecule has 0 aliphatic carbocycles. The molecule has 2 aromatic rings. The first-order valence-electron chi connectivity index (χ1n) is 7.29. The molecule has 120 valence electrons. The van der Waals surface area contributed by atoms with Gasteiger partial charge >= 0.3 is 5.97 Å². The summed E-state index contributed by atoms with van der Waals surface area (Å²) in [6, 6.07) is 12.3. The van der Waals surface area contributed by atoms with E-state index in [4.69, 9.17) is 0 Å². The van der Waals surface area contributed by atoms with Crippen molar-refractivity contribution in [2.75, 3.05) is 12.4 Å². The van der Waals surface area contributed by atoms with E-state index in [2.05, 4.69) is 35.8 Å². The lowest BCUT2D eigenvalue weighted by atomic mass is 9.86. The molecule has 5 nitrogen and oxygen atoms in total. The van der Waals surface area contributed by atoms with Crippen LogP contribution in [0.1, 0.15) is 47.3 Å². The summed E-state index contributed by atoms with van der Waals surface area (Å²) in [4.78, 5) is 28.0. The molecule has 0 atom stereocenters. The van der Waals surface area contributed by atoms with Crippen LogP contribution in [0.3, 0.4) is 0 Å². The number of esters is 1. The van der Waals surface area contributed by atoms with Crippen molar-refractivity contribution in [1.29, 1.82) is 0 Å². The third kappa shape index (κ3) is 3.94. The lowest BCUT2D eigenvalue weighted by Crippen LogP contribution is -2.20. The molecule has 1 amide bonds. The van der Waals surface area contributed by atoms with Crippen LogP contribution in [-0.4, -0.2) is 24.0 Å². The monoisotopic (exact) mass is 312 g/mol. The second-order valence-electron chi connectivity index (χ2n) is 6.15. The van der Waals surface area contributed by atoms with Crippen molar-refractivity contribution in [1.82, 2.24) is 4.98 Å². The Labute approximate surface area is 135 Å². The van der Waals surface area contributed by atoms with Crippen LogP contribution in [0.4, 0.5) is 5.69 Å². The predicted molar refractivity (Wildman–Crippen MR) is 88.7 cm³/mol. The van der Waals surface area contributed by atoms with Gasteiger partial charge in [-0.25, -0.2) is 9.78 Å². The van der Waals surface area contributed by atoms with E-state index in [1.165, 1.54) is 13.2 Å². The Bertz CT molecular complexity index is 733. The van der Waals surface area contributed by atoms with Crippen LogP contribution in [0.15, 0.2) is 42.5 Å². The van der Waals surface area contributed by atoms with Crippen LogP contribution in [-0.2, 0) is 10.2 Å². The maximum absolute atomic E-state index is 12.4. The van der Waals surface area contributed by atoms with Gasteiger partial charge in [-0.15, -0.1) is 0 Å². The number of para-hydroxylation sites is 1. The molecular formula is C18H20N2O3. The minimum Gasteiger partial charge on any atom is -0.464 e. The first-order valence-corrected chi connectivity index (χ1v) is 7.29. The fraction of sp³-hybridized carbons (Fsp3) is 0.278. The second kappa shape index (κ2) is 6.60. The van der Waals surface area contributed by atoms with E-state index in [9.17, 15) is 9.59 Å². The summed E-state index contributed by atoms with van der Waals surface area (Å²) in [6.07, 6.45) is 0. The molecule has 23 heavy (non-hydrogen) atoms. The summed E-state index contributed by atoms with van der Waals surface area (Å²) < 4.78 is 4.62. The molecule has 0 spiro atoms. The largest absolute Gasteiger partial charge is 0.464 e. The van der Waals surface area contributed by atoms with Crippen molar-refractivity contribution in [3.63, 3.8) is 0 Å². The van der Waals surface area contributed by atoms with Crippen molar-refractivity contribution < 1.29 is 14.3 Å². The van der Waals surface area contributed by atoms with Gasteiger partial charge in [-0.1, -0.05) is 45.0 Å². The molecule has 0 radical (unpaired) electrons. The molecule has 5 heteroatoms. The highest BCUT2D eigenvalue weighted by molar-refractivity contribution is 6.04. The summed E-state index contributed by atoms with van der Waals surface area (Å²) in [5.74, 6) is -0.942. The Balaban J connectivity index is 2.29. The molecular weight excluding hydrogens is 292 g/mol. The fourth-order valence-corrected chi connectivity index (χ4v) is 2.21. The minimum atomic E-state index is -0.574. The van der Waals surface area contributed by atoms with Gasteiger partial charge in [-0.3, -0.25) is 4.79 Å². The van der Waals surface area contributed by atoms with Crippen molar-refractivity contribution >= 4 is 17.6 Å². The number of benzene rings is 1. The lowest BCUT2D eigenvalue weighted by molar-refractivity contribution is 0.0594. The normalized spacial score (nSPS) is 11.0. The van der Waals surface area contributed by atoms with Crippen molar-refractivity contribution in [3.8, 4) is 0 Å². The quantitative estimate of drug-likeness (QED) is 0.882. The first kappa shape index (κ1) is 16.7. The summed E-state index contributed by atoms with van der Waals surface area (Å²) in [6.45, 7) is 6.23. The first-order chi connectivity index (χ1) is 10.8. The van der Waals surface area contributed by atoms with E-state index in [0.29, 0.717) is 0 Å². The number of nitrogens with one attached hydrogen (secondary N) is 1. The zero-order chi connectivity index (χ0) is 17.0. The SMILES string of the molecule is COC(=O)c1cccc(C(=O)Nc2ccccc2C(C)(C)C)n1. The third-order valence-corrected chi connectivity index (χ3v) is 3.36. The Hall–Kier alpha value is -2.69. The number of amides is 1. The number of aromatic nitrogens is 1. The number of rotatable bonds is 3. The number of hydrogen-bond donors (Lipinski definition) is 1. The number of hydrogen-bond acceptors (Lipinski definition) is 4. The van der Waals surface area contributed by atoms with E-state index in [-0.39, 0.29) is 22.7 Å². The number of nitrogens with zero attached hydrogens (tertiary/aromatic N) is 1. The number of ether oxygens (including phenoxy) is 1. The molecule has 2 rings (SSSR count). The number of methoxy groups -OCH3 is 1. The summed E-state index contributed by atoms with van der Waals surface area (Å²) in [5, 5.41) is 2.86. The Morgan fingerprint density at radius 2 is 1.65 bits per heavy atom. The number of anilines is 1. The van der Waals surface area contributed by atoms with Crippen LogP contribution < -0.4 is 5.32 Å². The van der Waals surface area contributed by atoms with E-state index in [1.807, 2.05) is 24.3 Å². The zero-order valence-corrected chi connectivity index (χ0v) is 13.7. The number of pyridine rings is 1. The van der Waals surface area contributed by atoms with Gasteiger partial charge in [0.05, 0.1) is 7.11 Å². The number of carbonyl (C=O) groups is 2. The Morgan fingerprint density at radius 3 is 2.30 bits per heavy atom. The minimum absolute atomic E-state index is 0.101. The van der Waals surface area contributed by atoms with E-state index >= 15 is 0 Å². The summed E-state index contributed by atoms with van der Waals surface area (Å²) in [5.41, 5.74) is 1.92. The van der Waals surface area contributed by atoms with Crippen molar-refractivity contribution in [2.45, 2.75) is 26.2 Å². The van der Waals surface area contributed by atoms with Crippen LogP contribution >= 0.6 is 0 Å². The van der Waals surface area contributed by atoms with E-state index < -0.39 is 5.97 Å². The molecule has 1 heterocycles. The van der Waals surface area contributed by atoms with Gasteiger partial charge in [0, 0.05) is 5.69 Å². The predicted octanol–water partition coefficient (Wildman–Crippen LogP) is 3.42. The van der Waals surface area contributed by atoms with Gasteiger partial charge in [0.1, 0.15) is 11.4 Å². The van der Waals surface area contributed by atoms with E-state index in [0.717, 1.165) is 11.3 Å². The molecule has 1 aromatic carbocycles. The van der Waals surface area contributed by atoms with Crippen molar-refractivity contribution in [3.05, 3.63) is 59.4 Å². The molecule has 0 aliphatic heterocycles. The smallest absolute Gasteiger partial charge is 0.356 e. The second-order valence-corrected chi connectivity index (χ2v) is 6.15. The standard InChI is InChI=1S/C18H20N2O3/c1-18(2,3)12-8-5-6-9-13(12)20-16(21)14-10-7-11-15(19-14)17(22)23-4/h5-11H,1-4H3,(H,20,21). The van der Waals surface area contributed by atoms with Crippen LogP contribution in [0.5, 0.6) is 0 Å². The maximum Gasteiger partial charge on any atom is 0.356 e. The molecule has 0 saturated carbocycles. The van der Waals surface area contributed by atoms with Crippen LogP contribution in [0.25, 0.3) is 0 Å². The average molecular weight is 312 g/mol. The maximum atomic E-state index is 12.4. The Kier molecular flexibility index (Phi) is 4.79. The van der Waals surface area contributed by atoms with Crippen molar-refractivity contribution in [2.24, 2.45) is 0 Å². The van der Waals surface area contributed by atoms with Gasteiger partial charge in [-0.2, -0.15) is 0 Å². The van der Waals surface area contributed by atoms with Gasteiger partial charge in [-0.05, 0) is 29.2 Å². The molecule has 1 N–H and O–H groups in total. The summed E-state index contributed by atoms with van der Waals surface area (Å²) >= 11 is 0. The molecule has 0 unspecified atom stereocenters. The van der Waals surface area contributed by atoms with Gasteiger partial charge in [0.15, 0.2) is 0 Å². The zero-order valence-electron chi connectivity index (χ0n) is 13.7. The topological polar surface area (TPSA) is 68.3 Å². The highest BCUT2D eigenvalue weighted by atomic mass is 16.5. The van der Waals surface area contributed by atoms with Crippen LogP contribution in [0, 0.1) is 0 Å². The Morgan fingerprint density at radius 1 is 1.00 bits per heavy atom. The summed E-state index contributed by atoms with van der Waals surface area (Å²) in [7, 11) is 1.27. The molecule has 1 aromatic heterocycles. The molecule has 0 aliphatic rings. The molecule has 0 saturated heterocycles. The molecule has 0 bridgehead atoms. The highest BCUT2D eigenvalue weighted by Gasteiger charge is 2.19. The van der Waals surface area contributed by atoms with Gasteiger partial charge in [0.25, 0.3) is 5.91 Å². The van der Waals surface area contributed by atoms with E-state index in [1.54, 1.807) is 12.1 Å². The third-order valence-electron chi connectivity index (χ3n) is 3.36. The van der Waals surface area contributed by atoms with Gasteiger partial charge < -0.3 is 10.1 Å². The highest BCUT2D eigenvalue weighted by Crippen LogP contribution is 2.29. The average Bonchev–Trinajstić information content (AvgIpc) is 2.53. The number of carbonyl (C=O) groups excluding carboxylic acids is 2. The fourth-order valence-electron chi connectivity index (χ4n) is 2.21. The lowest BCUT2D eigenvalue weighted by Gasteiger charge is -2.22.